The number of carbonyl (C=O) groups excluding carboxylic acids is 1. The number of hydrogen-bond donors (Lipinski definition) is 2. The molecule has 1 aliphatic carbocycles. The van der Waals surface area contributed by atoms with Gasteiger partial charge in [-0.15, -0.1) is 0 Å². The van der Waals surface area contributed by atoms with Crippen molar-refractivity contribution >= 4 is 16.8 Å². The molecule has 1 amide bonds. The summed E-state index contributed by atoms with van der Waals surface area (Å²) in [5.74, 6) is -0.190. The molecule has 1 fully saturated rings. The number of amides is 1. The Balaban J connectivity index is 1.76. The van der Waals surface area contributed by atoms with Gasteiger partial charge in [0, 0.05) is 19.4 Å². The van der Waals surface area contributed by atoms with Crippen LogP contribution in [0.25, 0.3) is 10.9 Å². The Bertz CT molecular complexity index is 1010. The highest BCUT2D eigenvalue weighted by atomic mass is 16.2. The van der Waals surface area contributed by atoms with Crippen LogP contribution in [0.5, 0.6) is 0 Å². The zero-order valence-corrected chi connectivity index (χ0v) is 14.4. The molecule has 25 heavy (non-hydrogen) atoms. The second-order valence-electron chi connectivity index (χ2n) is 6.93. The lowest BCUT2D eigenvalue weighted by atomic mass is 9.71. The Morgan fingerprint density at radius 3 is 2.60 bits per heavy atom. The van der Waals surface area contributed by atoms with E-state index in [1.807, 2.05) is 36.7 Å². The van der Waals surface area contributed by atoms with Gasteiger partial charge in [-0.2, -0.15) is 0 Å². The second-order valence-corrected chi connectivity index (χ2v) is 6.93. The van der Waals surface area contributed by atoms with Crippen molar-refractivity contribution in [1.82, 2.24) is 14.9 Å². The molecular weight excluding hydrogens is 314 g/mol. The quantitative estimate of drug-likeness (QED) is 0.773. The average molecular weight is 335 g/mol. The summed E-state index contributed by atoms with van der Waals surface area (Å²) in [5.41, 5.74) is 2.75. The molecule has 1 aliphatic rings. The van der Waals surface area contributed by atoms with Gasteiger partial charge in [-0.05, 0) is 37.3 Å². The summed E-state index contributed by atoms with van der Waals surface area (Å²) in [4.78, 5) is 28.1. The first-order valence-corrected chi connectivity index (χ1v) is 8.57. The van der Waals surface area contributed by atoms with Crippen LogP contribution in [0, 0.1) is 6.92 Å². The summed E-state index contributed by atoms with van der Waals surface area (Å²) < 4.78 is 1.85. The number of rotatable bonds is 3. The monoisotopic (exact) mass is 335 g/mol. The SMILES string of the molecule is Cc1c[nH]c(=O)c2c(C(=O)NC3(c4ccccc4)CCC3)cn(C)c12. The van der Waals surface area contributed by atoms with Crippen LogP contribution >= 0.6 is 0 Å². The number of aryl methyl sites for hydroxylation is 2. The summed E-state index contributed by atoms with van der Waals surface area (Å²) >= 11 is 0. The zero-order chi connectivity index (χ0) is 17.6. The van der Waals surface area contributed by atoms with Crippen molar-refractivity contribution in [3.05, 3.63) is 69.8 Å². The second kappa shape index (κ2) is 5.62. The first kappa shape index (κ1) is 15.7. The van der Waals surface area contributed by atoms with Crippen LogP contribution in [0.4, 0.5) is 0 Å². The van der Waals surface area contributed by atoms with E-state index >= 15 is 0 Å². The van der Waals surface area contributed by atoms with Crippen molar-refractivity contribution in [3.63, 3.8) is 0 Å². The molecule has 5 heteroatoms. The van der Waals surface area contributed by atoms with E-state index < -0.39 is 0 Å². The fourth-order valence-electron chi connectivity index (χ4n) is 3.88. The molecule has 4 rings (SSSR count). The van der Waals surface area contributed by atoms with Crippen molar-refractivity contribution < 1.29 is 4.79 Å². The van der Waals surface area contributed by atoms with Gasteiger partial charge in [-0.3, -0.25) is 9.59 Å². The lowest BCUT2D eigenvalue weighted by molar-refractivity contribution is 0.0825. The Morgan fingerprint density at radius 2 is 1.96 bits per heavy atom. The third kappa shape index (κ3) is 2.38. The molecule has 5 nitrogen and oxygen atoms in total. The van der Waals surface area contributed by atoms with E-state index in [2.05, 4.69) is 22.4 Å². The largest absolute Gasteiger partial charge is 0.349 e. The number of carbonyl (C=O) groups is 1. The molecule has 0 radical (unpaired) electrons. The van der Waals surface area contributed by atoms with Gasteiger partial charge in [0.05, 0.1) is 22.0 Å². The van der Waals surface area contributed by atoms with E-state index in [4.69, 9.17) is 0 Å². The fraction of sp³-hybridized carbons (Fsp3) is 0.300. The number of nitrogens with zero attached hydrogens (tertiary/aromatic N) is 1. The van der Waals surface area contributed by atoms with Crippen LogP contribution in [0.15, 0.2) is 47.5 Å². The predicted octanol–water partition coefficient (Wildman–Crippen LogP) is 2.98. The van der Waals surface area contributed by atoms with Crippen LogP contribution in [0.1, 0.15) is 40.7 Å². The molecule has 128 valence electrons. The van der Waals surface area contributed by atoms with Crippen LogP contribution in [0.2, 0.25) is 0 Å². The standard InChI is InChI=1S/C20H21N3O2/c1-13-11-21-19(25)16-15(12-23(2)17(13)16)18(24)22-20(9-6-10-20)14-7-4-3-5-8-14/h3-5,7-8,11-12H,6,9-10H2,1-2H3,(H,21,25)(H,22,24). The maximum atomic E-state index is 13.0. The number of aromatic nitrogens is 2. The number of fused-ring (bicyclic) bond motifs is 1. The van der Waals surface area contributed by atoms with Gasteiger partial charge >= 0.3 is 0 Å². The molecule has 3 aromatic rings. The van der Waals surface area contributed by atoms with Crippen molar-refractivity contribution in [1.29, 1.82) is 0 Å². The smallest absolute Gasteiger partial charge is 0.258 e. The number of benzene rings is 1. The lowest BCUT2D eigenvalue weighted by Gasteiger charge is -2.43. The Hall–Kier alpha value is -2.82. The maximum Gasteiger partial charge on any atom is 0.258 e. The third-order valence-corrected chi connectivity index (χ3v) is 5.33. The van der Waals surface area contributed by atoms with Crippen LogP contribution in [0.3, 0.4) is 0 Å². The first-order valence-electron chi connectivity index (χ1n) is 8.57. The number of pyridine rings is 1. The van der Waals surface area contributed by atoms with Gasteiger partial charge in [0.1, 0.15) is 0 Å². The first-order chi connectivity index (χ1) is 12.0. The zero-order valence-electron chi connectivity index (χ0n) is 14.4. The van der Waals surface area contributed by atoms with Gasteiger partial charge in [-0.1, -0.05) is 30.3 Å². The Labute approximate surface area is 145 Å². The van der Waals surface area contributed by atoms with E-state index in [-0.39, 0.29) is 17.0 Å². The Kier molecular flexibility index (Phi) is 3.53. The van der Waals surface area contributed by atoms with E-state index in [1.54, 1.807) is 12.4 Å². The predicted molar refractivity (Wildman–Crippen MR) is 97.7 cm³/mol. The molecule has 0 aliphatic heterocycles. The van der Waals surface area contributed by atoms with Gasteiger partial charge in [0.15, 0.2) is 0 Å². The molecule has 1 aromatic carbocycles. The highest BCUT2D eigenvalue weighted by molar-refractivity contribution is 6.07. The van der Waals surface area contributed by atoms with Crippen LogP contribution < -0.4 is 10.9 Å². The van der Waals surface area contributed by atoms with E-state index in [9.17, 15) is 9.59 Å². The van der Waals surface area contributed by atoms with Gasteiger partial charge in [0.2, 0.25) is 0 Å². The Morgan fingerprint density at radius 1 is 1.24 bits per heavy atom. The lowest BCUT2D eigenvalue weighted by Crippen LogP contribution is -2.50. The summed E-state index contributed by atoms with van der Waals surface area (Å²) in [6.07, 6.45) is 6.36. The van der Waals surface area contributed by atoms with E-state index in [0.717, 1.165) is 35.9 Å². The molecule has 0 atom stereocenters. The number of aromatic amines is 1. The van der Waals surface area contributed by atoms with E-state index in [1.165, 1.54) is 0 Å². The number of nitrogens with one attached hydrogen (secondary N) is 2. The molecule has 0 spiro atoms. The third-order valence-electron chi connectivity index (χ3n) is 5.33. The molecule has 1 saturated carbocycles. The summed E-state index contributed by atoms with van der Waals surface area (Å²) in [6.45, 7) is 1.93. The molecular formula is C20H21N3O2. The van der Waals surface area contributed by atoms with Crippen molar-refractivity contribution in [2.24, 2.45) is 7.05 Å². The fourth-order valence-corrected chi connectivity index (χ4v) is 3.88. The molecule has 2 aromatic heterocycles. The molecule has 0 bridgehead atoms. The van der Waals surface area contributed by atoms with E-state index in [0.29, 0.717) is 10.9 Å². The minimum Gasteiger partial charge on any atom is -0.349 e. The van der Waals surface area contributed by atoms with Crippen molar-refractivity contribution in [3.8, 4) is 0 Å². The maximum absolute atomic E-state index is 13.0. The van der Waals surface area contributed by atoms with Gasteiger partial charge < -0.3 is 14.9 Å². The summed E-state index contributed by atoms with van der Waals surface area (Å²) in [5, 5.41) is 3.67. The molecule has 2 N–H and O–H groups in total. The minimum atomic E-state index is -0.322. The number of H-pyrrole nitrogens is 1. The van der Waals surface area contributed by atoms with Crippen LogP contribution in [-0.2, 0) is 12.6 Å². The molecule has 0 saturated heterocycles. The van der Waals surface area contributed by atoms with Crippen LogP contribution in [-0.4, -0.2) is 15.5 Å². The minimum absolute atomic E-state index is 0.190. The highest BCUT2D eigenvalue weighted by Crippen LogP contribution is 2.41. The number of hydrogen-bond acceptors (Lipinski definition) is 2. The van der Waals surface area contributed by atoms with Gasteiger partial charge in [-0.25, -0.2) is 0 Å². The summed E-state index contributed by atoms with van der Waals surface area (Å²) in [7, 11) is 1.86. The van der Waals surface area contributed by atoms with Crippen molar-refractivity contribution in [2.75, 3.05) is 0 Å². The highest BCUT2D eigenvalue weighted by Gasteiger charge is 2.40. The normalized spacial score (nSPS) is 15.8. The molecule has 0 unspecified atom stereocenters. The molecule has 2 heterocycles. The average Bonchev–Trinajstić information content (AvgIpc) is 2.94. The van der Waals surface area contributed by atoms with Crippen molar-refractivity contribution in [2.45, 2.75) is 31.7 Å². The summed E-state index contributed by atoms with van der Waals surface area (Å²) in [6, 6.07) is 10.1. The van der Waals surface area contributed by atoms with Gasteiger partial charge in [0.25, 0.3) is 11.5 Å². The topological polar surface area (TPSA) is 66.9 Å².